The second-order valence-electron chi connectivity index (χ2n) is 6.44. The molecule has 0 atom stereocenters. The molecule has 0 aliphatic heterocycles. The highest BCUT2D eigenvalue weighted by atomic mass is 79.9. The molecule has 3 aromatic carbocycles. The summed E-state index contributed by atoms with van der Waals surface area (Å²) >= 11 is 3.37. The summed E-state index contributed by atoms with van der Waals surface area (Å²) in [5.74, 6) is 0.945. The van der Waals surface area contributed by atoms with Gasteiger partial charge in [-0.05, 0) is 59.7 Å². The lowest BCUT2D eigenvalue weighted by Gasteiger charge is -2.12. The van der Waals surface area contributed by atoms with E-state index in [1.807, 2.05) is 66.7 Å². The molecule has 0 radical (unpaired) electrons. The smallest absolute Gasteiger partial charge is 0.323 e. The highest BCUT2D eigenvalue weighted by Crippen LogP contribution is 2.30. The summed E-state index contributed by atoms with van der Waals surface area (Å²) < 4.78 is 6.92. The molecule has 30 heavy (non-hydrogen) atoms. The van der Waals surface area contributed by atoms with Gasteiger partial charge in [0.15, 0.2) is 0 Å². The van der Waals surface area contributed by atoms with Gasteiger partial charge < -0.3 is 15.4 Å². The van der Waals surface area contributed by atoms with Crippen molar-refractivity contribution in [2.75, 3.05) is 10.6 Å². The summed E-state index contributed by atoms with van der Waals surface area (Å²) in [5, 5.41) is 5.58. The lowest BCUT2D eigenvalue weighted by molar-refractivity contribution is 0.262. The minimum Gasteiger partial charge on any atom is -0.437 e. The Balaban J connectivity index is 1.50. The van der Waals surface area contributed by atoms with E-state index in [9.17, 15) is 4.79 Å². The maximum atomic E-state index is 12.4. The van der Waals surface area contributed by atoms with E-state index in [-0.39, 0.29) is 6.03 Å². The van der Waals surface area contributed by atoms with E-state index in [2.05, 4.69) is 31.5 Å². The van der Waals surface area contributed by atoms with Crippen molar-refractivity contribution in [1.29, 1.82) is 0 Å². The number of hydrogen-bond acceptors (Lipinski definition) is 3. The minimum absolute atomic E-state index is 0.314. The van der Waals surface area contributed by atoms with Crippen molar-refractivity contribution in [3.8, 4) is 22.8 Å². The zero-order valence-electron chi connectivity index (χ0n) is 15.9. The first kappa shape index (κ1) is 19.7. The minimum atomic E-state index is -0.381. The van der Waals surface area contributed by atoms with Crippen LogP contribution in [0.1, 0.15) is 0 Å². The number of carbonyl (C=O) groups is 1. The average Bonchev–Trinajstić information content (AvgIpc) is 2.77. The topological polar surface area (TPSA) is 63.2 Å². The Morgan fingerprint density at radius 2 is 1.57 bits per heavy atom. The standard InChI is InChI=1S/C24H18BrN3O2/c25-19-11-13-20(14-12-19)27-24(29)28-22-10-5-15-26-23(22)30-21-9-4-8-18(16-21)17-6-2-1-3-7-17/h1-16H,(H2,27,28,29). The molecular weight excluding hydrogens is 442 g/mol. The quantitative estimate of drug-likeness (QED) is 0.339. The molecule has 0 saturated carbocycles. The van der Waals surface area contributed by atoms with Crippen molar-refractivity contribution in [3.05, 3.63) is 102 Å². The van der Waals surface area contributed by atoms with Gasteiger partial charge in [-0.3, -0.25) is 0 Å². The Kier molecular flexibility index (Phi) is 6.06. The third-order valence-corrected chi connectivity index (χ3v) is 4.81. The SMILES string of the molecule is O=C(Nc1ccc(Br)cc1)Nc1cccnc1Oc1cccc(-c2ccccc2)c1. The number of anilines is 2. The molecule has 0 aliphatic rings. The van der Waals surface area contributed by atoms with E-state index in [0.29, 0.717) is 23.0 Å². The molecule has 0 saturated heterocycles. The van der Waals surface area contributed by atoms with Gasteiger partial charge in [0, 0.05) is 16.4 Å². The van der Waals surface area contributed by atoms with Crippen molar-refractivity contribution in [1.82, 2.24) is 4.98 Å². The predicted octanol–water partition coefficient (Wildman–Crippen LogP) is 6.95. The fraction of sp³-hybridized carbons (Fsp3) is 0. The number of nitrogens with one attached hydrogen (secondary N) is 2. The van der Waals surface area contributed by atoms with E-state index < -0.39 is 0 Å². The molecule has 6 heteroatoms. The van der Waals surface area contributed by atoms with E-state index in [4.69, 9.17) is 4.74 Å². The number of urea groups is 1. The molecule has 0 unspecified atom stereocenters. The van der Waals surface area contributed by atoms with Gasteiger partial charge in [-0.25, -0.2) is 9.78 Å². The van der Waals surface area contributed by atoms with Gasteiger partial charge >= 0.3 is 6.03 Å². The fourth-order valence-electron chi connectivity index (χ4n) is 2.87. The first-order valence-electron chi connectivity index (χ1n) is 9.29. The molecule has 5 nitrogen and oxygen atoms in total. The maximum absolute atomic E-state index is 12.4. The molecule has 148 valence electrons. The molecular formula is C24H18BrN3O2. The summed E-state index contributed by atoms with van der Waals surface area (Å²) in [5.41, 5.74) is 3.28. The zero-order chi connectivity index (χ0) is 20.8. The van der Waals surface area contributed by atoms with Gasteiger partial charge in [-0.2, -0.15) is 0 Å². The Morgan fingerprint density at radius 1 is 0.800 bits per heavy atom. The zero-order valence-corrected chi connectivity index (χ0v) is 17.5. The second-order valence-corrected chi connectivity index (χ2v) is 7.35. The van der Waals surface area contributed by atoms with Gasteiger partial charge in [0.2, 0.25) is 5.88 Å². The number of nitrogens with zero attached hydrogens (tertiary/aromatic N) is 1. The number of rotatable bonds is 5. The number of pyridine rings is 1. The second kappa shape index (κ2) is 9.24. The van der Waals surface area contributed by atoms with Gasteiger partial charge in [-0.1, -0.05) is 58.4 Å². The third kappa shape index (κ3) is 5.04. The normalized spacial score (nSPS) is 10.3. The molecule has 2 amide bonds. The van der Waals surface area contributed by atoms with E-state index in [0.717, 1.165) is 15.6 Å². The first-order chi connectivity index (χ1) is 14.7. The van der Waals surface area contributed by atoms with E-state index in [1.165, 1.54) is 0 Å². The Bertz CT molecular complexity index is 1150. The number of ether oxygens (including phenoxy) is 1. The molecule has 0 fully saturated rings. The largest absolute Gasteiger partial charge is 0.437 e. The molecule has 0 aliphatic carbocycles. The number of halogens is 1. The number of aromatic nitrogens is 1. The van der Waals surface area contributed by atoms with Gasteiger partial charge in [0.05, 0.1) is 0 Å². The average molecular weight is 460 g/mol. The van der Waals surface area contributed by atoms with E-state index in [1.54, 1.807) is 30.5 Å². The van der Waals surface area contributed by atoms with Crippen molar-refractivity contribution in [2.45, 2.75) is 0 Å². The Labute approximate surface area is 182 Å². The first-order valence-corrected chi connectivity index (χ1v) is 10.1. The molecule has 4 rings (SSSR count). The Morgan fingerprint density at radius 3 is 2.37 bits per heavy atom. The van der Waals surface area contributed by atoms with Crippen LogP contribution in [0, 0.1) is 0 Å². The summed E-state index contributed by atoms with van der Waals surface area (Å²) in [6.07, 6.45) is 1.62. The predicted molar refractivity (Wildman–Crippen MR) is 123 cm³/mol. The molecule has 0 bridgehead atoms. The summed E-state index contributed by atoms with van der Waals surface area (Å²) in [7, 11) is 0. The highest BCUT2D eigenvalue weighted by molar-refractivity contribution is 9.10. The number of amides is 2. The monoisotopic (exact) mass is 459 g/mol. The van der Waals surface area contributed by atoms with Crippen molar-refractivity contribution in [3.63, 3.8) is 0 Å². The van der Waals surface area contributed by atoms with Gasteiger partial charge in [0.25, 0.3) is 0 Å². The lowest BCUT2D eigenvalue weighted by atomic mass is 10.1. The molecule has 0 spiro atoms. The number of hydrogen-bond donors (Lipinski definition) is 2. The molecule has 4 aromatic rings. The lowest BCUT2D eigenvalue weighted by Crippen LogP contribution is -2.19. The third-order valence-electron chi connectivity index (χ3n) is 4.28. The highest BCUT2D eigenvalue weighted by Gasteiger charge is 2.11. The van der Waals surface area contributed by atoms with Crippen LogP contribution < -0.4 is 15.4 Å². The summed E-state index contributed by atoms with van der Waals surface area (Å²) in [4.78, 5) is 16.7. The van der Waals surface area contributed by atoms with Crippen LogP contribution in [-0.4, -0.2) is 11.0 Å². The van der Waals surface area contributed by atoms with Crippen LogP contribution >= 0.6 is 15.9 Å². The van der Waals surface area contributed by atoms with Crippen LogP contribution in [0.25, 0.3) is 11.1 Å². The van der Waals surface area contributed by atoms with Crippen molar-refractivity contribution in [2.24, 2.45) is 0 Å². The van der Waals surface area contributed by atoms with Crippen LogP contribution in [0.3, 0.4) is 0 Å². The molecule has 1 aromatic heterocycles. The maximum Gasteiger partial charge on any atom is 0.323 e. The number of benzene rings is 3. The van der Waals surface area contributed by atoms with Gasteiger partial charge in [-0.15, -0.1) is 0 Å². The Hall–Kier alpha value is -3.64. The molecule has 1 heterocycles. The van der Waals surface area contributed by atoms with Crippen molar-refractivity contribution < 1.29 is 9.53 Å². The van der Waals surface area contributed by atoms with Crippen LogP contribution in [-0.2, 0) is 0 Å². The molecule has 2 N–H and O–H groups in total. The number of carbonyl (C=O) groups excluding carboxylic acids is 1. The fourth-order valence-corrected chi connectivity index (χ4v) is 3.13. The van der Waals surface area contributed by atoms with Crippen LogP contribution in [0.15, 0.2) is 102 Å². The summed E-state index contributed by atoms with van der Waals surface area (Å²) in [6.45, 7) is 0. The van der Waals surface area contributed by atoms with Crippen LogP contribution in [0.4, 0.5) is 16.2 Å². The summed E-state index contributed by atoms with van der Waals surface area (Å²) in [6, 6.07) is 28.2. The van der Waals surface area contributed by atoms with Gasteiger partial charge in [0.1, 0.15) is 11.4 Å². The van der Waals surface area contributed by atoms with Crippen molar-refractivity contribution >= 4 is 33.3 Å². The van der Waals surface area contributed by atoms with Crippen LogP contribution in [0.5, 0.6) is 11.6 Å². The van der Waals surface area contributed by atoms with E-state index >= 15 is 0 Å². The van der Waals surface area contributed by atoms with Crippen LogP contribution in [0.2, 0.25) is 0 Å².